The second-order valence-corrected chi connectivity index (χ2v) is 5.28. The molecule has 6 nitrogen and oxygen atoms in total. The van der Waals surface area contributed by atoms with Crippen molar-refractivity contribution in [1.29, 1.82) is 0 Å². The molecule has 0 radical (unpaired) electrons. The number of imide groups is 1. The van der Waals surface area contributed by atoms with Gasteiger partial charge in [0.15, 0.2) is 5.60 Å². The number of amides is 2. The van der Waals surface area contributed by atoms with Crippen LogP contribution in [-0.4, -0.2) is 48.5 Å². The molecule has 1 heterocycles. The van der Waals surface area contributed by atoms with E-state index in [2.05, 4.69) is 0 Å². The van der Waals surface area contributed by atoms with Crippen molar-refractivity contribution in [2.75, 3.05) is 14.2 Å². The lowest BCUT2D eigenvalue weighted by molar-refractivity contribution is -0.183. The van der Waals surface area contributed by atoms with Gasteiger partial charge in [0.1, 0.15) is 0 Å². The summed E-state index contributed by atoms with van der Waals surface area (Å²) in [6, 6.07) is 6.39. The lowest BCUT2D eigenvalue weighted by atomic mass is 9.74. The van der Waals surface area contributed by atoms with Crippen molar-refractivity contribution in [2.24, 2.45) is 0 Å². The average molecular weight is 289 g/mol. The maximum absolute atomic E-state index is 12.3. The lowest BCUT2D eigenvalue weighted by Gasteiger charge is -2.46. The highest BCUT2D eigenvalue weighted by molar-refractivity contribution is 6.21. The molecule has 1 aromatic carbocycles. The number of ether oxygens (including phenoxy) is 2. The molecule has 0 saturated heterocycles. The largest absolute Gasteiger partial charge is 0.467 e. The Labute approximate surface area is 121 Å². The third-order valence-electron chi connectivity index (χ3n) is 4.27. The normalized spacial score (nSPS) is 27.3. The molecule has 2 aliphatic rings. The minimum absolute atomic E-state index is 0.266. The molecule has 1 aliphatic heterocycles. The van der Waals surface area contributed by atoms with Crippen molar-refractivity contribution in [1.82, 2.24) is 4.90 Å². The van der Waals surface area contributed by atoms with Crippen molar-refractivity contribution in [3.63, 3.8) is 0 Å². The number of benzene rings is 1. The lowest BCUT2D eigenvalue weighted by Crippen LogP contribution is -2.61. The first kappa shape index (κ1) is 13.8. The Hall–Kier alpha value is -2.21. The van der Waals surface area contributed by atoms with Gasteiger partial charge in [-0.15, -0.1) is 0 Å². The van der Waals surface area contributed by atoms with Gasteiger partial charge in [0, 0.05) is 26.0 Å². The van der Waals surface area contributed by atoms with Crippen molar-refractivity contribution in [2.45, 2.75) is 24.5 Å². The zero-order chi connectivity index (χ0) is 15.2. The summed E-state index contributed by atoms with van der Waals surface area (Å²) < 4.78 is 9.96. The minimum atomic E-state index is -1.05. The van der Waals surface area contributed by atoms with Crippen LogP contribution in [-0.2, 0) is 14.3 Å². The summed E-state index contributed by atoms with van der Waals surface area (Å²) in [4.78, 5) is 37.6. The Morgan fingerprint density at radius 3 is 2.10 bits per heavy atom. The summed E-state index contributed by atoms with van der Waals surface area (Å²) in [6.45, 7) is 0. The topological polar surface area (TPSA) is 72.9 Å². The Balaban J connectivity index is 1.82. The molecule has 1 aliphatic carbocycles. The van der Waals surface area contributed by atoms with Crippen LogP contribution in [0, 0.1) is 0 Å². The maximum Gasteiger partial charge on any atom is 0.338 e. The predicted molar refractivity (Wildman–Crippen MR) is 71.7 cm³/mol. The molecule has 0 N–H and O–H groups in total. The number of carbonyl (C=O) groups excluding carboxylic acids is 3. The first-order valence-electron chi connectivity index (χ1n) is 6.64. The van der Waals surface area contributed by atoms with Crippen LogP contribution in [0.2, 0.25) is 0 Å². The van der Waals surface area contributed by atoms with Gasteiger partial charge in [-0.2, -0.15) is 0 Å². The van der Waals surface area contributed by atoms with Crippen LogP contribution in [0.4, 0.5) is 0 Å². The quantitative estimate of drug-likeness (QED) is 0.613. The number of esters is 1. The van der Waals surface area contributed by atoms with Crippen LogP contribution in [0.3, 0.4) is 0 Å². The summed E-state index contributed by atoms with van der Waals surface area (Å²) in [5.74, 6) is -1.09. The zero-order valence-corrected chi connectivity index (χ0v) is 11.8. The Bertz CT molecular complexity index is 598. The van der Waals surface area contributed by atoms with Gasteiger partial charge < -0.3 is 9.47 Å². The maximum atomic E-state index is 12.3. The minimum Gasteiger partial charge on any atom is -0.467 e. The van der Waals surface area contributed by atoms with E-state index in [1.807, 2.05) is 0 Å². The highest BCUT2D eigenvalue weighted by Crippen LogP contribution is 2.42. The van der Waals surface area contributed by atoms with Crippen LogP contribution in [0.5, 0.6) is 0 Å². The van der Waals surface area contributed by atoms with Gasteiger partial charge in [0.25, 0.3) is 11.8 Å². The SMILES string of the molecule is COC(=O)C1(OC)CC(N2C(=O)c3ccccc3C2=O)C1. The van der Waals surface area contributed by atoms with Crippen molar-refractivity contribution >= 4 is 17.8 Å². The van der Waals surface area contributed by atoms with Crippen LogP contribution in [0.1, 0.15) is 33.6 Å². The fourth-order valence-electron chi connectivity index (χ4n) is 3.03. The van der Waals surface area contributed by atoms with Crippen molar-refractivity contribution in [3.8, 4) is 0 Å². The Morgan fingerprint density at radius 1 is 1.14 bits per heavy atom. The molecule has 1 aromatic rings. The molecule has 0 spiro atoms. The fourth-order valence-corrected chi connectivity index (χ4v) is 3.03. The zero-order valence-electron chi connectivity index (χ0n) is 11.8. The molecule has 21 heavy (non-hydrogen) atoms. The average Bonchev–Trinajstić information content (AvgIpc) is 2.72. The summed E-state index contributed by atoms with van der Waals surface area (Å²) in [7, 11) is 2.72. The first-order valence-corrected chi connectivity index (χ1v) is 6.64. The van der Waals surface area contributed by atoms with Gasteiger partial charge in [-0.1, -0.05) is 12.1 Å². The smallest absolute Gasteiger partial charge is 0.338 e. The summed E-state index contributed by atoms with van der Waals surface area (Å²) >= 11 is 0. The Morgan fingerprint density at radius 2 is 1.67 bits per heavy atom. The predicted octanol–water partition coefficient (Wildman–Crippen LogP) is 1.00. The monoisotopic (exact) mass is 289 g/mol. The third-order valence-corrected chi connectivity index (χ3v) is 4.27. The number of hydrogen-bond acceptors (Lipinski definition) is 5. The second-order valence-electron chi connectivity index (χ2n) is 5.28. The van der Waals surface area contributed by atoms with Crippen molar-refractivity contribution < 1.29 is 23.9 Å². The molecule has 0 aromatic heterocycles. The molecule has 2 amide bonds. The number of nitrogens with zero attached hydrogens (tertiary/aromatic N) is 1. The van der Waals surface area contributed by atoms with Crippen LogP contribution < -0.4 is 0 Å². The Kier molecular flexibility index (Phi) is 3.06. The van der Waals surface area contributed by atoms with Gasteiger partial charge in [-0.05, 0) is 12.1 Å². The first-order chi connectivity index (χ1) is 10.0. The molecule has 3 rings (SSSR count). The highest BCUT2D eigenvalue weighted by atomic mass is 16.6. The molecule has 0 unspecified atom stereocenters. The summed E-state index contributed by atoms with van der Waals surface area (Å²) in [5, 5.41) is 0. The van der Waals surface area contributed by atoms with E-state index in [9.17, 15) is 14.4 Å². The molecular weight excluding hydrogens is 274 g/mol. The summed E-state index contributed by atoms with van der Waals surface area (Å²) in [6.07, 6.45) is 0.531. The molecular formula is C15H15NO5. The molecule has 0 bridgehead atoms. The van der Waals surface area contributed by atoms with Gasteiger partial charge in [0.2, 0.25) is 0 Å². The number of rotatable bonds is 3. The molecule has 1 fully saturated rings. The van der Waals surface area contributed by atoms with E-state index in [1.165, 1.54) is 19.1 Å². The van der Waals surface area contributed by atoms with Crippen molar-refractivity contribution in [3.05, 3.63) is 35.4 Å². The van der Waals surface area contributed by atoms with E-state index in [0.29, 0.717) is 11.1 Å². The van der Waals surface area contributed by atoms with E-state index < -0.39 is 11.6 Å². The standard InChI is InChI=1S/C15H15NO5/c1-20-14(19)15(21-2)7-9(8-15)16-12(17)10-5-3-4-6-11(10)13(16)18/h3-6,9H,7-8H2,1-2H3. The molecule has 6 heteroatoms. The number of methoxy groups -OCH3 is 2. The second kappa shape index (κ2) is 4.66. The highest BCUT2D eigenvalue weighted by Gasteiger charge is 2.57. The van der Waals surface area contributed by atoms with Crippen LogP contribution in [0.15, 0.2) is 24.3 Å². The number of hydrogen-bond donors (Lipinski definition) is 0. The van der Waals surface area contributed by atoms with E-state index >= 15 is 0 Å². The van der Waals surface area contributed by atoms with E-state index in [-0.39, 0.29) is 30.7 Å². The van der Waals surface area contributed by atoms with Gasteiger partial charge in [0.05, 0.1) is 18.2 Å². The molecule has 110 valence electrons. The third kappa shape index (κ3) is 1.79. The molecule has 0 atom stereocenters. The van der Waals surface area contributed by atoms with Gasteiger partial charge >= 0.3 is 5.97 Å². The van der Waals surface area contributed by atoms with Gasteiger partial charge in [-0.3, -0.25) is 14.5 Å². The van der Waals surface area contributed by atoms with E-state index in [1.54, 1.807) is 24.3 Å². The van der Waals surface area contributed by atoms with Gasteiger partial charge in [-0.25, -0.2) is 4.79 Å². The number of fused-ring (bicyclic) bond motifs is 1. The number of carbonyl (C=O) groups is 3. The molecule has 1 saturated carbocycles. The fraction of sp³-hybridized carbons (Fsp3) is 0.400. The van der Waals surface area contributed by atoms with E-state index in [4.69, 9.17) is 9.47 Å². The van der Waals surface area contributed by atoms with E-state index in [0.717, 1.165) is 0 Å². The van der Waals surface area contributed by atoms with Crippen LogP contribution in [0.25, 0.3) is 0 Å². The summed E-state index contributed by atoms with van der Waals surface area (Å²) in [5.41, 5.74) is -0.222. The van der Waals surface area contributed by atoms with Crippen LogP contribution >= 0.6 is 0 Å².